The van der Waals surface area contributed by atoms with Crippen molar-refractivity contribution in [2.75, 3.05) is 6.54 Å². The summed E-state index contributed by atoms with van der Waals surface area (Å²) < 4.78 is 65.4. The largest absolute Gasteiger partial charge is 0.480 e. The van der Waals surface area contributed by atoms with E-state index in [1.165, 1.54) is 0 Å². The highest BCUT2D eigenvalue weighted by atomic mass is 16.4. The van der Waals surface area contributed by atoms with Crippen LogP contribution in [0.25, 0.3) is 0 Å². The van der Waals surface area contributed by atoms with Crippen LogP contribution in [-0.2, 0) is 4.79 Å². The van der Waals surface area contributed by atoms with Crippen LogP contribution in [0.5, 0.6) is 0 Å². The second kappa shape index (κ2) is 5.20. The standard InChI is InChI=1S/C6H14N2O2/c7-4-2-1-3-5(8)6(9)10/h5H,1-4,7-8H2,(H,9,10)/t5-/m0/s1/i1D2,2D2,3D2,5D/hD2. The maximum Gasteiger partial charge on any atom is 0.320 e. The van der Waals surface area contributed by atoms with Crippen LogP contribution in [0.4, 0.5) is 0 Å². The minimum Gasteiger partial charge on any atom is -0.480 e. The lowest BCUT2D eigenvalue weighted by Crippen LogP contribution is -2.29. The fourth-order valence-electron chi connectivity index (χ4n) is 0.208. The van der Waals surface area contributed by atoms with E-state index in [9.17, 15) is 4.79 Å². The Morgan fingerprint density at radius 3 is 3.00 bits per heavy atom. The van der Waals surface area contributed by atoms with Gasteiger partial charge in [-0.05, 0) is 19.3 Å². The summed E-state index contributed by atoms with van der Waals surface area (Å²) in [6.45, 7) is -0.967. The zero-order chi connectivity index (χ0) is 15.9. The molecule has 0 saturated heterocycles. The van der Waals surface area contributed by atoms with Crippen LogP contribution >= 0.6 is 0 Å². The van der Waals surface area contributed by atoms with Crippen LogP contribution in [0.3, 0.4) is 0 Å². The number of carboxylic acids is 1. The molecule has 1 atom stereocenters. The molecular weight excluding hydrogens is 132 g/mol. The fourth-order valence-corrected chi connectivity index (χ4v) is 0.208. The second-order valence-electron chi connectivity index (χ2n) is 1.28. The first-order chi connectivity index (χ1) is 8.20. The lowest BCUT2D eigenvalue weighted by molar-refractivity contribution is -0.138. The van der Waals surface area contributed by atoms with E-state index in [-0.39, 0.29) is 0 Å². The first-order valence-electron chi connectivity index (χ1n) is 6.81. The van der Waals surface area contributed by atoms with Crippen molar-refractivity contribution in [3.63, 3.8) is 0 Å². The number of hydrogen-bond donors (Lipinski definition) is 3. The Labute approximate surface area is 73.0 Å². The Morgan fingerprint density at radius 2 is 2.60 bits per heavy atom. The van der Waals surface area contributed by atoms with Gasteiger partial charge in [0.2, 0.25) is 0 Å². The molecule has 0 aromatic rings. The summed E-state index contributed by atoms with van der Waals surface area (Å²) in [4.78, 5) is 10.9. The lowest BCUT2D eigenvalue weighted by atomic mass is 10.1. The maximum atomic E-state index is 10.9. The summed E-state index contributed by atoms with van der Waals surface area (Å²) in [6.07, 6.45) is -10.2. The van der Waals surface area contributed by atoms with Crippen LogP contribution in [0.2, 0.25) is 2.82 Å². The smallest absolute Gasteiger partial charge is 0.320 e. The molecule has 0 aliphatic rings. The van der Waals surface area contributed by atoms with Gasteiger partial charge in [0.25, 0.3) is 0 Å². The third-order valence-electron chi connectivity index (χ3n) is 0.574. The van der Waals surface area contributed by atoms with Crippen molar-refractivity contribution in [3.8, 4) is 0 Å². The first kappa shape index (κ1) is 2.19. The molecule has 0 bridgehead atoms. The third-order valence-corrected chi connectivity index (χ3v) is 0.574. The monoisotopic (exact) mass is 155 g/mol. The lowest BCUT2D eigenvalue weighted by Gasteiger charge is -2.03. The van der Waals surface area contributed by atoms with Gasteiger partial charge >= 0.3 is 5.97 Å². The van der Waals surface area contributed by atoms with Crippen LogP contribution < -0.4 is 11.5 Å². The number of hydrogen-bond acceptors (Lipinski definition) is 3. The Balaban J connectivity index is 6.03. The second-order valence-corrected chi connectivity index (χ2v) is 1.28. The summed E-state index contributed by atoms with van der Waals surface area (Å²) >= 11 is 0. The highest BCUT2D eigenvalue weighted by molar-refractivity contribution is 5.72. The quantitative estimate of drug-likeness (QED) is 0.483. The topological polar surface area (TPSA) is 89.3 Å². The van der Waals surface area contributed by atoms with Gasteiger partial charge in [-0.2, -0.15) is 0 Å². The molecule has 0 radical (unpaired) electrons. The van der Waals surface area contributed by atoms with Crippen LogP contribution in [-0.4, -0.2) is 23.6 Å². The van der Waals surface area contributed by atoms with Crippen molar-refractivity contribution in [1.29, 1.82) is 0 Å². The number of carbonyl (C=O) groups is 1. The average molecular weight is 155 g/mol. The Morgan fingerprint density at radius 1 is 1.90 bits per heavy atom. The molecule has 0 heterocycles. The highest BCUT2D eigenvalue weighted by Gasteiger charge is 2.09. The molecule has 0 spiro atoms. The van der Waals surface area contributed by atoms with Crippen LogP contribution in [0.1, 0.15) is 28.7 Å². The van der Waals surface area contributed by atoms with Crippen molar-refractivity contribution in [2.45, 2.75) is 25.1 Å². The minimum atomic E-state index is -3.72. The molecule has 0 fully saturated rings. The van der Waals surface area contributed by atoms with Gasteiger partial charge in [-0.25, -0.2) is 0 Å². The number of carboxylic acid groups (broad SMARTS) is 1. The Bertz CT molecular complexity index is 361. The summed E-state index contributed by atoms with van der Waals surface area (Å²) in [6, 6.07) is -3.67. The Kier molecular flexibility index (Phi) is 1.14. The van der Waals surface area contributed by atoms with Gasteiger partial charge in [0, 0.05) is 8.22 Å². The van der Waals surface area contributed by atoms with E-state index in [1.807, 2.05) is 0 Å². The Hall–Kier alpha value is -0.610. The normalized spacial score (nSPS) is 34.0. The number of rotatable bonds is 6. The van der Waals surface area contributed by atoms with Crippen molar-refractivity contribution < 1.29 is 22.3 Å². The van der Waals surface area contributed by atoms with Crippen molar-refractivity contribution in [3.05, 3.63) is 0 Å². The predicted molar refractivity (Wildman–Crippen MR) is 38.5 cm³/mol. The van der Waals surface area contributed by atoms with Gasteiger partial charge in [0.1, 0.15) is 8.84 Å². The molecule has 0 rings (SSSR count). The van der Waals surface area contributed by atoms with E-state index < -0.39 is 43.4 Å². The molecule has 4 heteroatoms. The zero-order valence-corrected chi connectivity index (χ0v) is 5.09. The van der Waals surface area contributed by atoms with Gasteiger partial charge in [-0.1, -0.05) is 6.37 Å². The summed E-state index contributed by atoms with van der Waals surface area (Å²) in [5.74, 6) is -2.29. The summed E-state index contributed by atoms with van der Waals surface area (Å²) in [5.41, 5.74) is 4.17. The first-order valence-corrected chi connectivity index (χ1v) is 2.41. The molecule has 0 aliphatic carbocycles. The fraction of sp³-hybridized carbons (Fsp3) is 0.833. The third kappa shape index (κ3) is 4.29. The molecule has 10 heavy (non-hydrogen) atoms. The molecule has 0 aromatic carbocycles. The molecule has 60 valence electrons. The predicted octanol–water partition coefficient (Wildman–Crippen LogP) is -0.473. The SMILES string of the molecule is [2H]N([2H])[C@]([2H])(C(=O)O)C([2H])([2H])C([2H])([2H])C([2H])([2H])CN. The average Bonchev–Trinajstić information content (AvgIpc) is 2.26. The van der Waals surface area contributed by atoms with Crippen molar-refractivity contribution in [1.82, 2.24) is 0 Å². The molecule has 5 N–H and O–H groups in total. The van der Waals surface area contributed by atoms with Crippen LogP contribution in [0, 0.1) is 0 Å². The van der Waals surface area contributed by atoms with Crippen molar-refractivity contribution in [2.24, 2.45) is 11.5 Å². The van der Waals surface area contributed by atoms with E-state index in [2.05, 4.69) is 0 Å². The zero-order valence-electron chi connectivity index (χ0n) is 14.1. The molecule has 4 nitrogen and oxygen atoms in total. The molecular formula is C6H14N2O2. The van der Waals surface area contributed by atoms with E-state index >= 15 is 0 Å². The van der Waals surface area contributed by atoms with E-state index in [0.717, 1.165) is 0 Å². The molecule has 0 unspecified atom stereocenters. The van der Waals surface area contributed by atoms with E-state index in [4.69, 9.17) is 23.3 Å². The molecule has 0 aliphatic heterocycles. The van der Waals surface area contributed by atoms with Gasteiger partial charge in [-0.15, -0.1) is 0 Å². The molecule has 0 saturated carbocycles. The summed E-state index contributed by atoms with van der Waals surface area (Å²) in [5, 5.41) is 8.81. The minimum absolute atomic E-state index is 0.820. The summed E-state index contributed by atoms with van der Waals surface area (Å²) in [7, 11) is 0. The van der Waals surface area contributed by atoms with E-state index in [0.29, 0.717) is 0 Å². The molecule has 0 aromatic heterocycles. The van der Waals surface area contributed by atoms with Gasteiger partial charge in [-0.3, -0.25) is 4.79 Å². The maximum absolute atomic E-state index is 10.9. The van der Waals surface area contributed by atoms with Crippen LogP contribution in [0.15, 0.2) is 0 Å². The number of nitrogens with two attached hydrogens (primary N) is 2. The van der Waals surface area contributed by atoms with Gasteiger partial charge in [0.15, 0.2) is 0 Å². The van der Waals surface area contributed by atoms with Gasteiger partial charge < -0.3 is 16.6 Å². The molecule has 0 amide bonds. The van der Waals surface area contributed by atoms with E-state index in [1.54, 1.807) is 0 Å². The highest BCUT2D eigenvalue weighted by Crippen LogP contribution is 1.96. The van der Waals surface area contributed by atoms with Gasteiger partial charge in [0.05, 0.1) is 1.37 Å². The van der Waals surface area contributed by atoms with Crippen molar-refractivity contribution >= 4 is 5.97 Å². The number of aliphatic carboxylic acids is 1.